The van der Waals surface area contributed by atoms with E-state index in [1.54, 1.807) is 0 Å². The van der Waals surface area contributed by atoms with E-state index in [0.717, 1.165) is 31.4 Å². The summed E-state index contributed by atoms with van der Waals surface area (Å²) in [4.78, 5) is 10.8. The number of halogens is 1. The molecule has 21 heavy (non-hydrogen) atoms. The predicted molar refractivity (Wildman–Crippen MR) is 75.2 cm³/mol. The second kappa shape index (κ2) is 5.73. The number of aromatic carboxylic acids is 1. The van der Waals surface area contributed by atoms with Gasteiger partial charge in [0.25, 0.3) is 0 Å². The summed E-state index contributed by atoms with van der Waals surface area (Å²) in [5, 5.41) is 8.95. The third-order valence-corrected chi connectivity index (χ3v) is 5.41. The molecule has 2 atom stereocenters. The molecule has 116 valence electrons. The summed E-state index contributed by atoms with van der Waals surface area (Å²) < 4.78 is 41.0. The first-order valence-electron chi connectivity index (χ1n) is 6.78. The van der Waals surface area contributed by atoms with E-state index in [4.69, 9.17) is 5.11 Å². The summed E-state index contributed by atoms with van der Waals surface area (Å²) in [5.41, 5.74) is -0.635. The summed E-state index contributed by atoms with van der Waals surface area (Å²) in [6.45, 7) is 3.32. The first-order chi connectivity index (χ1) is 9.72. The van der Waals surface area contributed by atoms with E-state index in [1.165, 1.54) is 6.92 Å². The van der Waals surface area contributed by atoms with Crippen molar-refractivity contribution in [2.45, 2.75) is 44.0 Å². The molecule has 0 saturated heterocycles. The number of rotatable bonds is 4. The highest BCUT2D eigenvalue weighted by molar-refractivity contribution is 7.89. The topological polar surface area (TPSA) is 83.5 Å². The maximum atomic E-state index is 13.7. The lowest BCUT2D eigenvalue weighted by molar-refractivity contribution is 0.0691. The number of carboxylic acids is 1. The minimum Gasteiger partial charge on any atom is -0.478 e. The lowest BCUT2D eigenvalue weighted by Crippen LogP contribution is -2.36. The van der Waals surface area contributed by atoms with Gasteiger partial charge >= 0.3 is 5.97 Å². The number of hydrogen-bond acceptors (Lipinski definition) is 3. The van der Waals surface area contributed by atoms with E-state index in [9.17, 15) is 17.6 Å². The molecule has 0 aromatic heterocycles. The molecule has 2 unspecified atom stereocenters. The van der Waals surface area contributed by atoms with Crippen molar-refractivity contribution in [3.63, 3.8) is 0 Å². The molecule has 1 aliphatic carbocycles. The van der Waals surface area contributed by atoms with Crippen LogP contribution in [0.4, 0.5) is 4.39 Å². The molecule has 1 aromatic rings. The zero-order chi connectivity index (χ0) is 15.8. The summed E-state index contributed by atoms with van der Waals surface area (Å²) in [5.74, 6) is -2.15. The number of hydrogen-bond donors (Lipinski definition) is 2. The monoisotopic (exact) mass is 315 g/mol. The maximum Gasteiger partial charge on any atom is 0.338 e. The van der Waals surface area contributed by atoms with Crippen molar-refractivity contribution in [1.82, 2.24) is 4.72 Å². The summed E-state index contributed by atoms with van der Waals surface area (Å²) in [6, 6.07) is 1.87. The number of carboxylic acid groups (broad SMARTS) is 1. The Morgan fingerprint density at radius 1 is 1.38 bits per heavy atom. The van der Waals surface area contributed by atoms with E-state index in [2.05, 4.69) is 4.72 Å². The minimum absolute atomic E-state index is 0.00487. The first kappa shape index (κ1) is 15.9. The van der Waals surface area contributed by atoms with E-state index >= 15 is 0 Å². The Kier molecular flexibility index (Phi) is 4.34. The average Bonchev–Trinajstić information content (AvgIpc) is 2.77. The quantitative estimate of drug-likeness (QED) is 0.893. The Morgan fingerprint density at radius 3 is 2.57 bits per heavy atom. The molecule has 0 amide bonds. The van der Waals surface area contributed by atoms with Crippen molar-refractivity contribution in [3.05, 3.63) is 29.1 Å². The molecule has 1 fully saturated rings. The normalized spacial score (nSPS) is 22.4. The molecule has 7 heteroatoms. The zero-order valence-electron chi connectivity index (χ0n) is 11.9. The van der Waals surface area contributed by atoms with Gasteiger partial charge in [0.2, 0.25) is 10.0 Å². The fraction of sp³-hybridized carbons (Fsp3) is 0.500. The molecule has 0 radical (unpaired) electrons. The number of nitrogens with one attached hydrogen (secondary N) is 1. The van der Waals surface area contributed by atoms with Crippen LogP contribution >= 0.6 is 0 Å². The van der Waals surface area contributed by atoms with Crippen LogP contribution < -0.4 is 4.72 Å². The van der Waals surface area contributed by atoms with E-state index < -0.39 is 27.4 Å². The van der Waals surface area contributed by atoms with Crippen molar-refractivity contribution in [2.24, 2.45) is 5.92 Å². The van der Waals surface area contributed by atoms with Gasteiger partial charge in [0.05, 0.1) is 10.5 Å². The van der Waals surface area contributed by atoms with Crippen molar-refractivity contribution in [1.29, 1.82) is 0 Å². The Morgan fingerprint density at radius 2 is 2.05 bits per heavy atom. The van der Waals surface area contributed by atoms with Crippen LogP contribution in [0.1, 0.15) is 42.1 Å². The SMILES string of the molecule is Cc1cc(S(=O)(=O)NC2CCCC2C)cc(C(=O)O)c1F. The smallest absolute Gasteiger partial charge is 0.338 e. The highest BCUT2D eigenvalue weighted by atomic mass is 32.2. The molecule has 1 aromatic carbocycles. The molecule has 0 spiro atoms. The van der Waals surface area contributed by atoms with Gasteiger partial charge < -0.3 is 5.11 Å². The van der Waals surface area contributed by atoms with Gasteiger partial charge in [-0.2, -0.15) is 0 Å². The minimum atomic E-state index is -3.85. The van der Waals surface area contributed by atoms with Gasteiger partial charge in [-0.15, -0.1) is 0 Å². The van der Waals surface area contributed by atoms with E-state index in [0.29, 0.717) is 0 Å². The van der Waals surface area contributed by atoms with Crippen LogP contribution in [0.15, 0.2) is 17.0 Å². The molecule has 0 bridgehead atoms. The molecule has 5 nitrogen and oxygen atoms in total. The van der Waals surface area contributed by atoms with Crippen molar-refractivity contribution >= 4 is 16.0 Å². The van der Waals surface area contributed by atoms with Gasteiger partial charge in [-0.1, -0.05) is 13.3 Å². The number of carbonyl (C=O) groups is 1. The fourth-order valence-corrected chi connectivity index (χ4v) is 4.12. The van der Waals surface area contributed by atoms with Crippen molar-refractivity contribution < 1.29 is 22.7 Å². The molecule has 0 aliphatic heterocycles. The molecule has 1 aliphatic rings. The maximum absolute atomic E-state index is 13.7. The largest absolute Gasteiger partial charge is 0.478 e. The fourth-order valence-electron chi connectivity index (χ4n) is 2.64. The molecule has 2 rings (SSSR count). The molecular formula is C14H18FNO4S. The lowest BCUT2D eigenvalue weighted by Gasteiger charge is -2.18. The van der Waals surface area contributed by atoms with Crippen LogP contribution in [0.5, 0.6) is 0 Å². The average molecular weight is 315 g/mol. The lowest BCUT2D eigenvalue weighted by atomic mass is 10.1. The van der Waals surface area contributed by atoms with Crippen molar-refractivity contribution in [2.75, 3.05) is 0 Å². The Balaban J connectivity index is 2.38. The second-order valence-corrected chi connectivity index (χ2v) is 7.26. The Labute approximate surface area is 123 Å². The first-order valence-corrected chi connectivity index (χ1v) is 8.26. The van der Waals surface area contributed by atoms with Crippen LogP contribution in [0.2, 0.25) is 0 Å². The van der Waals surface area contributed by atoms with Gasteiger partial charge in [0, 0.05) is 6.04 Å². The van der Waals surface area contributed by atoms with Gasteiger partial charge in [0.1, 0.15) is 5.82 Å². The van der Waals surface area contributed by atoms with E-state index in [1.807, 2.05) is 6.92 Å². The number of benzene rings is 1. The van der Waals surface area contributed by atoms with Gasteiger partial charge in [-0.25, -0.2) is 22.3 Å². The Bertz CT molecular complexity index is 672. The van der Waals surface area contributed by atoms with Gasteiger partial charge in [0.15, 0.2) is 0 Å². The second-order valence-electron chi connectivity index (χ2n) is 5.54. The van der Waals surface area contributed by atoms with Crippen LogP contribution in [-0.4, -0.2) is 25.5 Å². The number of sulfonamides is 1. The van der Waals surface area contributed by atoms with Crippen LogP contribution in [0.25, 0.3) is 0 Å². The van der Waals surface area contributed by atoms with E-state index in [-0.39, 0.29) is 22.4 Å². The molecule has 1 saturated carbocycles. The number of aryl methyl sites for hydroxylation is 1. The van der Waals surface area contributed by atoms with Crippen LogP contribution in [-0.2, 0) is 10.0 Å². The third kappa shape index (κ3) is 3.24. The highest BCUT2D eigenvalue weighted by Gasteiger charge is 2.29. The Hall–Kier alpha value is -1.47. The van der Waals surface area contributed by atoms with Gasteiger partial charge in [-0.05, 0) is 43.4 Å². The molecule has 0 heterocycles. The summed E-state index contributed by atoms with van der Waals surface area (Å²) in [7, 11) is -3.85. The van der Waals surface area contributed by atoms with Crippen LogP contribution in [0, 0.1) is 18.7 Å². The summed E-state index contributed by atoms with van der Waals surface area (Å²) >= 11 is 0. The standard InChI is InChI=1S/C14H18FNO4S/c1-8-4-3-5-12(8)16-21(19,20)10-6-9(2)13(15)11(7-10)14(17)18/h6-8,12,16H,3-5H2,1-2H3,(H,17,18). The van der Waals surface area contributed by atoms with Gasteiger partial charge in [-0.3, -0.25) is 0 Å². The van der Waals surface area contributed by atoms with Crippen molar-refractivity contribution in [3.8, 4) is 0 Å². The highest BCUT2D eigenvalue weighted by Crippen LogP contribution is 2.27. The van der Waals surface area contributed by atoms with Crippen LogP contribution in [0.3, 0.4) is 0 Å². The zero-order valence-corrected chi connectivity index (χ0v) is 12.7. The third-order valence-electron chi connectivity index (χ3n) is 3.94. The summed E-state index contributed by atoms with van der Waals surface area (Å²) in [6.07, 6.45) is 2.67. The predicted octanol–water partition coefficient (Wildman–Crippen LogP) is 2.30. The molecular weight excluding hydrogens is 297 g/mol. The molecule has 2 N–H and O–H groups in total.